The molecule has 0 saturated heterocycles. The second kappa shape index (κ2) is 6.32. The van der Waals surface area contributed by atoms with Crippen LogP contribution in [-0.2, 0) is 11.2 Å². The first kappa shape index (κ1) is 12.8. The maximum absolute atomic E-state index is 10.6. The average molecular weight is 276 g/mol. The fraction of sp³-hybridized carbons (Fsp3) is 0.167. The van der Waals surface area contributed by atoms with Gasteiger partial charge in [-0.3, -0.25) is 4.79 Å². The minimum Gasteiger partial charge on any atom is -0.328 e. The van der Waals surface area contributed by atoms with Crippen molar-refractivity contribution in [1.82, 2.24) is 10.2 Å². The molecule has 2 rings (SSSR count). The number of nitrogens with zero attached hydrogens (tertiary/aromatic N) is 3. The molecule has 1 aromatic carbocycles. The molecule has 0 bridgehead atoms. The Hall–Kier alpha value is -1.66. The monoisotopic (exact) mass is 276 g/mol. The van der Waals surface area contributed by atoms with Gasteiger partial charge >= 0.3 is 0 Å². The third-order valence-corrected chi connectivity index (χ3v) is 3.36. The number of thiocarbonyl (C=S) groups is 1. The number of benzene rings is 1. The predicted molar refractivity (Wildman–Crippen MR) is 75.7 cm³/mol. The van der Waals surface area contributed by atoms with Gasteiger partial charge in [-0.2, -0.15) is 0 Å². The van der Waals surface area contributed by atoms with Crippen LogP contribution < -0.4 is 4.90 Å². The normalized spacial score (nSPS) is 10.0. The Morgan fingerprint density at radius 1 is 1.39 bits per heavy atom. The Labute approximate surface area is 114 Å². The number of hydrogen-bond donors (Lipinski definition) is 0. The third-order valence-electron chi connectivity index (χ3n) is 2.30. The summed E-state index contributed by atoms with van der Waals surface area (Å²) in [6, 6.07) is 9.54. The zero-order chi connectivity index (χ0) is 12.8. The van der Waals surface area contributed by atoms with Crippen molar-refractivity contribution in [1.29, 1.82) is 0 Å². The van der Waals surface area contributed by atoms with Gasteiger partial charge in [-0.1, -0.05) is 30.4 Å². The Bertz CT molecular complexity index is 513. The van der Waals surface area contributed by atoms with E-state index in [0.717, 1.165) is 10.7 Å². The molecule has 6 heteroatoms. The van der Waals surface area contributed by atoms with Crippen molar-refractivity contribution in [3.63, 3.8) is 0 Å². The van der Waals surface area contributed by atoms with E-state index in [0.29, 0.717) is 11.4 Å². The number of carbonyl (C=O) groups excluding carboxylic acids is 1. The van der Waals surface area contributed by atoms with Crippen molar-refractivity contribution in [2.45, 2.75) is 6.42 Å². The molecular formula is C12H10N3OS2. The largest absolute Gasteiger partial charge is 0.328 e. The van der Waals surface area contributed by atoms with E-state index < -0.39 is 0 Å². The van der Waals surface area contributed by atoms with Crippen molar-refractivity contribution in [2.24, 2.45) is 0 Å². The molecule has 18 heavy (non-hydrogen) atoms. The maximum atomic E-state index is 10.6. The molecule has 2 aromatic rings. The van der Waals surface area contributed by atoms with Crippen LogP contribution in [0.5, 0.6) is 0 Å². The van der Waals surface area contributed by atoms with Crippen LogP contribution in [0.15, 0.2) is 35.8 Å². The van der Waals surface area contributed by atoms with Gasteiger partial charge in [0.05, 0.1) is 18.0 Å². The highest BCUT2D eigenvalue weighted by molar-refractivity contribution is 7.80. The quantitative estimate of drug-likeness (QED) is 0.782. The van der Waals surface area contributed by atoms with Crippen LogP contribution >= 0.6 is 23.6 Å². The first-order chi connectivity index (χ1) is 8.81. The second-order valence-corrected chi connectivity index (χ2v) is 4.86. The fourth-order valence-electron chi connectivity index (χ4n) is 1.49. The highest BCUT2D eigenvalue weighted by Gasteiger charge is 2.13. The topological polar surface area (TPSA) is 46.1 Å². The highest BCUT2D eigenvalue weighted by atomic mass is 32.1. The third kappa shape index (κ3) is 3.18. The Kier molecular flexibility index (Phi) is 4.49. The van der Waals surface area contributed by atoms with Crippen LogP contribution in [0.25, 0.3) is 0 Å². The van der Waals surface area contributed by atoms with E-state index in [1.54, 1.807) is 10.4 Å². The molecule has 1 radical (unpaired) electrons. The Morgan fingerprint density at radius 2 is 2.17 bits per heavy atom. The van der Waals surface area contributed by atoms with Crippen LogP contribution in [0.3, 0.4) is 0 Å². The number of aromatic nitrogens is 2. The molecule has 1 heterocycles. The van der Waals surface area contributed by atoms with E-state index in [1.807, 2.05) is 36.6 Å². The lowest BCUT2D eigenvalue weighted by Gasteiger charge is -2.22. The van der Waals surface area contributed by atoms with E-state index >= 15 is 0 Å². The van der Waals surface area contributed by atoms with Gasteiger partial charge in [-0.15, -0.1) is 21.5 Å². The van der Waals surface area contributed by atoms with Crippen LogP contribution in [-0.4, -0.2) is 28.0 Å². The highest BCUT2D eigenvalue weighted by Crippen LogP contribution is 2.16. The SMILES string of the molecule is O=[C]CN(C(=S)Cc1nncs1)c1ccccc1. The average Bonchev–Trinajstić information content (AvgIpc) is 2.89. The van der Waals surface area contributed by atoms with Gasteiger partial charge in [0.2, 0.25) is 6.29 Å². The van der Waals surface area contributed by atoms with Crippen molar-refractivity contribution in [3.05, 3.63) is 40.8 Å². The molecule has 0 aliphatic heterocycles. The van der Waals surface area contributed by atoms with E-state index in [-0.39, 0.29) is 6.54 Å². The van der Waals surface area contributed by atoms with Crippen LogP contribution in [0, 0.1) is 0 Å². The molecule has 0 amide bonds. The van der Waals surface area contributed by atoms with Gasteiger partial charge in [0.15, 0.2) is 0 Å². The summed E-state index contributed by atoms with van der Waals surface area (Å²) in [6.45, 7) is 0.127. The Morgan fingerprint density at radius 3 is 2.78 bits per heavy atom. The number of rotatable bonds is 5. The van der Waals surface area contributed by atoms with E-state index in [9.17, 15) is 4.79 Å². The first-order valence-corrected chi connectivity index (χ1v) is 6.55. The molecule has 0 saturated carbocycles. The maximum Gasteiger partial charge on any atom is 0.219 e. The summed E-state index contributed by atoms with van der Waals surface area (Å²) in [7, 11) is 0. The molecule has 0 aliphatic rings. The fourth-order valence-corrected chi connectivity index (χ4v) is 2.42. The number of hydrogen-bond acceptors (Lipinski definition) is 5. The summed E-state index contributed by atoms with van der Waals surface area (Å²) < 4.78 is 0. The first-order valence-electron chi connectivity index (χ1n) is 5.26. The molecule has 1 aromatic heterocycles. The molecular weight excluding hydrogens is 266 g/mol. The number of para-hydroxylation sites is 1. The molecule has 0 unspecified atom stereocenters. The van der Waals surface area contributed by atoms with Gasteiger partial charge in [0.25, 0.3) is 0 Å². The molecule has 0 atom stereocenters. The summed E-state index contributed by atoms with van der Waals surface area (Å²) in [5.41, 5.74) is 2.55. The molecule has 91 valence electrons. The number of anilines is 1. The summed E-state index contributed by atoms with van der Waals surface area (Å²) in [6.07, 6.45) is 2.39. The molecule has 0 N–H and O–H groups in total. The zero-order valence-corrected chi connectivity index (χ0v) is 11.1. The van der Waals surface area contributed by atoms with E-state index in [1.165, 1.54) is 11.3 Å². The smallest absolute Gasteiger partial charge is 0.219 e. The van der Waals surface area contributed by atoms with Crippen molar-refractivity contribution in [2.75, 3.05) is 11.4 Å². The lowest BCUT2D eigenvalue weighted by molar-refractivity contribution is 0.556. The van der Waals surface area contributed by atoms with Gasteiger partial charge in [-0.25, -0.2) is 0 Å². The van der Waals surface area contributed by atoms with Gasteiger partial charge in [0.1, 0.15) is 10.5 Å². The summed E-state index contributed by atoms with van der Waals surface area (Å²) in [4.78, 5) is 13.0. The summed E-state index contributed by atoms with van der Waals surface area (Å²) >= 11 is 6.80. The standard InChI is InChI=1S/C12H10N3OS2/c16-7-6-15(10-4-2-1-3-5-10)12(17)8-11-14-13-9-18-11/h1-5,9H,6,8H2. The summed E-state index contributed by atoms with van der Waals surface area (Å²) in [5, 5.41) is 8.55. The van der Waals surface area contributed by atoms with Crippen molar-refractivity contribution >= 4 is 40.5 Å². The molecule has 0 spiro atoms. The lowest BCUT2D eigenvalue weighted by Crippen LogP contribution is -2.32. The van der Waals surface area contributed by atoms with Gasteiger partial charge in [0, 0.05) is 5.69 Å². The van der Waals surface area contributed by atoms with Crippen molar-refractivity contribution in [3.8, 4) is 0 Å². The lowest BCUT2D eigenvalue weighted by atomic mass is 10.2. The predicted octanol–water partition coefficient (Wildman–Crippen LogP) is 2.02. The molecule has 0 aliphatic carbocycles. The summed E-state index contributed by atoms with van der Waals surface area (Å²) in [5.74, 6) is 0. The zero-order valence-electron chi connectivity index (χ0n) is 9.44. The van der Waals surface area contributed by atoms with Gasteiger partial charge in [-0.05, 0) is 12.1 Å². The van der Waals surface area contributed by atoms with Crippen LogP contribution in [0.2, 0.25) is 0 Å². The molecule has 4 nitrogen and oxygen atoms in total. The van der Waals surface area contributed by atoms with Crippen molar-refractivity contribution < 1.29 is 4.79 Å². The molecule has 0 fully saturated rings. The van der Waals surface area contributed by atoms with Crippen LogP contribution in [0.1, 0.15) is 5.01 Å². The van der Waals surface area contributed by atoms with Gasteiger partial charge < -0.3 is 4.90 Å². The Balaban J connectivity index is 2.15. The minimum absolute atomic E-state index is 0.127. The van der Waals surface area contributed by atoms with E-state index in [4.69, 9.17) is 12.2 Å². The van der Waals surface area contributed by atoms with E-state index in [2.05, 4.69) is 10.2 Å². The van der Waals surface area contributed by atoms with Crippen LogP contribution in [0.4, 0.5) is 5.69 Å². The minimum atomic E-state index is 0.127. The second-order valence-electron chi connectivity index (χ2n) is 3.47.